The van der Waals surface area contributed by atoms with Crippen molar-refractivity contribution in [2.45, 2.75) is 193 Å². The van der Waals surface area contributed by atoms with Crippen LogP contribution in [-0.4, -0.2) is 36.4 Å². The van der Waals surface area contributed by atoms with E-state index in [1.807, 2.05) is 6.08 Å². The highest BCUT2D eigenvalue weighted by Gasteiger charge is 2.16. The Balaban J connectivity index is 3.58. The molecule has 49 heavy (non-hydrogen) atoms. The number of allylic oxidation sites excluding steroid dienone is 10. The molecule has 0 aromatic heterocycles. The Hall–Kier alpha value is -2.40. The SMILES string of the molecule is CC/C=C/C=C/C=C/CCCCCCCC(=O)OCC(CO)OC(=O)CCCCCCCCC/C=C/C/C=C/CCCCCCCCCC. The molecule has 282 valence electrons. The van der Waals surface area contributed by atoms with Crippen molar-refractivity contribution in [2.75, 3.05) is 13.2 Å². The van der Waals surface area contributed by atoms with Gasteiger partial charge in [0.05, 0.1) is 6.61 Å². The third-order valence-electron chi connectivity index (χ3n) is 8.61. The summed E-state index contributed by atoms with van der Waals surface area (Å²) in [6.07, 6.45) is 51.4. The van der Waals surface area contributed by atoms with E-state index < -0.39 is 6.10 Å². The molecular weight excluding hydrogens is 608 g/mol. The lowest BCUT2D eigenvalue weighted by Gasteiger charge is -2.15. The summed E-state index contributed by atoms with van der Waals surface area (Å²) in [7, 11) is 0. The van der Waals surface area contributed by atoms with Gasteiger partial charge in [0.25, 0.3) is 0 Å². The van der Waals surface area contributed by atoms with E-state index in [0.29, 0.717) is 12.8 Å². The Labute approximate surface area is 302 Å². The average Bonchev–Trinajstić information content (AvgIpc) is 3.10. The van der Waals surface area contributed by atoms with E-state index in [2.05, 4.69) is 68.5 Å². The van der Waals surface area contributed by atoms with E-state index >= 15 is 0 Å². The maximum atomic E-state index is 12.2. The van der Waals surface area contributed by atoms with Crippen molar-refractivity contribution < 1.29 is 24.2 Å². The molecule has 5 heteroatoms. The Bertz CT molecular complexity index is 869. The zero-order valence-corrected chi connectivity index (χ0v) is 31.9. The van der Waals surface area contributed by atoms with Crippen molar-refractivity contribution in [1.82, 2.24) is 0 Å². The van der Waals surface area contributed by atoms with Crippen LogP contribution in [-0.2, 0) is 19.1 Å². The van der Waals surface area contributed by atoms with Crippen molar-refractivity contribution in [3.8, 4) is 0 Å². The first kappa shape index (κ1) is 46.6. The molecule has 0 bridgehead atoms. The van der Waals surface area contributed by atoms with Crippen molar-refractivity contribution in [3.63, 3.8) is 0 Å². The van der Waals surface area contributed by atoms with Gasteiger partial charge >= 0.3 is 11.9 Å². The second-order valence-electron chi connectivity index (χ2n) is 13.4. The highest BCUT2D eigenvalue weighted by atomic mass is 16.6. The summed E-state index contributed by atoms with van der Waals surface area (Å²) in [5.41, 5.74) is 0. The van der Waals surface area contributed by atoms with Crippen LogP contribution < -0.4 is 0 Å². The first-order chi connectivity index (χ1) is 24.1. The number of rotatable bonds is 36. The van der Waals surface area contributed by atoms with Gasteiger partial charge in [-0.1, -0.05) is 171 Å². The van der Waals surface area contributed by atoms with Crippen LogP contribution in [0.4, 0.5) is 0 Å². The predicted octanol–water partition coefficient (Wildman–Crippen LogP) is 12.8. The molecule has 0 saturated heterocycles. The standard InChI is InChI=1S/C44H76O5/c1-3-5-7-9-11-13-15-17-18-19-20-21-22-23-24-25-27-29-31-33-35-37-39-44(47)49-42(40-45)41-48-43(46)38-36-34-32-30-28-26-16-14-12-10-8-6-4-2/h6,8,10,12,14,16,19-20,22-23,42,45H,3-5,7,9,11,13,15,17-18,21,24-41H2,1-2H3/b8-6+,12-10+,16-14+,20-19+,23-22+. The lowest BCUT2D eigenvalue weighted by atomic mass is 10.1. The third-order valence-corrected chi connectivity index (χ3v) is 8.61. The number of esters is 2. The predicted molar refractivity (Wildman–Crippen MR) is 210 cm³/mol. The van der Waals surface area contributed by atoms with Gasteiger partial charge in [0.15, 0.2) is 6.10 Å². The maximum Gasteiger partial charge on any atom is 0.306 e. The number of carbonyl (C=O) groups excluding carboxylic acids is 2. The topological polar surface area (TPSA) is 72.8 Å². The molecule has 0 aliphatic heterocycles. The number of hydrogen-bond donors (Lipinski definition) is 1. The van der Waals surface area contributed by atoms with Gasteiger partial charge in [-0.2, -0.15) is 0 Å². The second kappa shape index (κ2) is 40.0. The maximum absolute atomic E-state index is 12.2. The van der Waals surface area contributed by atoms with Crippen LogP contribution in [0.15, 0.2) is 60.8 Å². The Morgan fingerprint density at radius 2 is 0.959 bits per heavy atom. The molecule has 5 nitrogen and oxygen atoms in total. The van der Waals surface area contributed by atoms with Crippen LogP contribution in [0.5, 0.6) is 0 Å². The van der Waals surface area contributed by atoms with Crippen LogP contribution in [0.1, 0.15) is 187 Å². The zero-order chi connectivity index (χ0) is 35.7. The Morgan fingerprint density at radius 1 is 0.510 bits per heavy atom. The van der Waals surface area contributed by atoms with Crippen LogP contribution >= 0.6 is 0 Å². The fourth-order valence-electron chi connectivity index (χ4n) is 5.52. The van der Waals surface area contributed by atoms with E-state index in [1.165, 1.54) is 83.5 Å². The van der Waals surface area contributed by atoms with Gasteiger partial charge in [0, 0.05) is 12.8 Å². The van der Waals surface area contributed by atoms with Crippen molar-refractivity contribution in [1.29, 1.82) is 0 Å². The van der Waals surface area contributed by atoms with Gasteiger partial charge in [-0.05, 0) is 64.2 Å². The largest absolute Gasteiger partial charge is 0.462 e. The Kier molecular flexibility index (Phi) is 38.1. The number of unbranched alkanes of at least 4 members (excludes halogenated alkanes) is 20. The summed E-state index contributed by atoms with van der Waals surface area (Å²) >= 11 is 0. The van der Waals surface area contributed by atoms with Crippen LogP contribution in [0.25, 0.3) is 0 Å². The van der Waals surface area contributed by atoms with E-state index in [9.17, 15) is 14.7 Å². The van der Waals surface area contributed by atoms with E-state index in [1.54, 1.807) is 0 Å². The number of ether oxygens (including phenoxy) is 2. The lowest BCUT2D eigenvalue weighted by Crippen LogP contribution is -2.28. The summed E-state index contributed by atoms with van der Waals surface area (Å²) in [4.78, 5) is 24.2. The molecule has 0 rings (SSSR count). The molecule has 0 radical (unpaired) electrons. The zero-order valence-electron chi connectivity index (χ0n) is 31.9. The molecule has 0 amide bonds. The molecular formula is C44H76O5. The fraction of sp³-hybridized carbons (Fsp3) is 0.727. The third kappa shape index (κ3) is 38.3. The summed E-state index contributed by atoms with van der Waals surface area (Å²) in [6.45, 7) is 3.97. The molecule has 0 aromatic rings. The normalized spacial score (nSPS) is 12.8. The van der Waals surface area contributed by atoms with Gasteiger partial charge in [-0.15, -0.1) is 0 Å². The molecule has 0 heterocycles. The first-order valence-electron chi connectivity index (χ1n) is 20.4. The molecule has 0 spiro atoms. The summed E-state index contributed by atoms with van der Waals surface area (Å²) in [6, 6.07) is 0. The molecule has 0 fully saturated rings. The Morgan fingerprint density at radius 3 is 1.47 bits per heavy atom. The molecule has 1 atom stereocenters. The number of hydrogen-bond acceptors (Lipinski definition) is 5. The van der Waals surface area contributed by atoms with Gasteiger partial charge < -0.3 is 14.6 Å². The molecule has 1 unspecified atom stereocenters. The second-order valence-corrected chi connectivity index (χ2v) is 13.4. The van der Waals surface area contributed by atoms with E-state index in [4.69, 9.17) is 9.47 Å². The summed E-state index contributed by atoms with van der Waals surface area (Å²) in [5, 5.41) is 9.55. The monoisotopic (exact) mass is 685 g/mol. The quantitative estimate of drug-likeness (QED) is 0.0308. The first-order valence-corrected chi connectivity index (χ1v) is 20.4. The van der Waals surface area contributed by atoms with Crippen LogP contribution in [0, 0.1) is 0 Å². The fourth-order valence-corrected chi connectivity index (χ4v) is 5.52. The number of aliphatic hydroxyl groups excluding tert-OH is 1. The van der Waals surface area contributed by atoms with Gasteiger partial charge in [-0.25, -0.2) is 0 Å². The average molecular weight is 685 g/mol. The van der Waals surface area contributed by atoms with Crippen LogP contribution in [0.3, 0.4) is 0 Å². The molecule has 0 saturated carbocycles. The van der Waals surface area contributed by atoms with Crippen molar-refractivity contribution >= 4 is 11.9 Å². The summed E-state index contributed by atoms with van der Waals surface area (Å²) in [5.74, 6) is -0.627. The van der Waals surface area contributed by atoms with Gasteiger partial charge in [0.2, 0.25) is 0 Å². The van der Waals surface area contributed by atoms with Gasteiger partial charge in [-0.3, -0.25) is 9.59 Å². The molecule has 1 N–H and O–H groups in total. The minimum atomic E-state index is -0.785. The number of carbonyl (C=O) groups is 2. The minimum Gasteiger partial charge on any atom is -0.462 e. The number of aliphatic hydroxyl groups is 1. The lowest BCUT2D eigenvalue weighted by molar-refractivity contribution is -0.161. The highest BCUT2D eigenvalue weighted by Crippen LogP contribution is 2.13. The van der Waals surface area contributed by atoms with E-state index in [0.717, 1.165) is 77.0 Å². The molecule has 0 aliphatic carbocycles. The van der Waals surface area contributed by atoms with Crippen molar-refractivity contribution in [3.05, 3.63) is 60.8 Å². The van der Waals surface area contributed by atoms with Crippen LogP contribution in [0.2, 0.25) is 0 Å². The van der Waals surface area contributed by atoms with E-state index in [-0.39, 0.29) is 25.2 Å². The molecule has 0 aromatic carbocycles. The van der Waals surface area contributed by atoms with Crippen molar-refractivity contribution in [2.24, 2.45) is 0 Å². The van der Waals surface area contributed by atoms with Gasteiger partial charge in [0.1, 0.15) is 6.61 Å². The minimum absolute atomic E-state index is 0.0820. The smallest absolute Gasteiger partial charge is 0.306 e. The molecule has 0 aliphatic rings. The highest BCUT2D eigenvalue weighted by molar-refractivity contribution is 5.70. The summed E-state index contributed by atoms with van der Waals surface area (Å²) < 4.78 is 10.6.